The number of hydrogen-bond acceptors (Lipinski definition) is 3. The highest BCUT2D eigenvalue weighted by atomic mass is 35.5. The summed E-state index contributed by atoms with van der Waals surface area (Å²) in [5, 5.41) is 11.7. The standard InChI is InChI=1S/C9H10Cl2N2O2/c1-5(4-14)12-9(15)8-6(10)2-3-7(11)13-8/h2-3,5,14H,4H2,1H3,(H,12,15)/t5-/m0/s1. The molecule has 1 heterocycles. The molecule has 1 aromatic rings. The predicted molar refractivity (Wildman–Crippen MR) is 58.3 cm³/mol. The Morgan fingerprint density at radius 2 is 2.27 bits per heavy atom. The lowest BCUT2D eigenvalue weighted by atomic mass is 10.3. The fourth-order valence-corrected chi connectivity index (χ4v) is 1.25. The zero-order valence-corrected chi connectivity index (χ0v) is 9.51. The van der Waals surface area contributed by atoms with Crippen molar-refractivity contribution in [2.45, 2.75) is 13.0 Å². The van der Waals surface area contributed by atoms with Gasteiger partial charge >= 0.3 is 0 Å². The van der Waals surface area contributed by atoms with Crippen LogP contribution in [0.3, 0.4) is 0 Å². The molecule has 6 heteroatoms. The minimum atomic E-state index is -0.455. The van der Waals surface area contributed by atoms with Crippen molar-refractivity contribution in [1.29, 1.82) is 0 Å². The highest BCUT2D eigenvalue weighted by molar-refractivity contribution is 6.34. The van der Waals surface area contributed by atoms with Crippen LogP contribution in [0.1, 0.15) is 17.4 Å². The minimum absolute atomic E-state index is 0.0597. The number of halogens is 2. The third-order valence-corrected chi connectivity index (χ3v) is 2.19. The van der Waals surface area contributed by atoms with E-state index < -0.39 is 5.91 Å². The van der Waals surface area contributed by atoms with Crippen molar-refractivity contribution in [2.75, 3.05) is 6.61 Å². The van der Waals surface area contributed by atoms with E-state index in [4.69, 9.17) is 28.3 Å². The molecule has 0 saturated carbocycles. The molecule has 0 aliphatic heterocycles. The van der Waals surface area contributed by atoms with Crippen molar-refractivity contribution >= 4 is 29.1 Å². The average Bonchev–Trinajstić information content (AvgIpc) is 2.21. The van der Waals surface area contributed by atoms with Gasteiger partial charge in [0.2, 0.25) is 0 Å². The predicted octanol–water partition coefficient (Wildman–Crippen LogP) is 1.50. The first-order valence-corrected chi connectivity index (χ1v) is 5.04. The Hall–Kier alpha value is -0.840. The van der Waals surface area contributed by atoms with Crippen LogP contribution < -0.4 is 5.32 Å². The van der Waals surface area contributed by atoms with Gasteiger partial charge in [-0.05, 0) is 19.1 Å². The number of nitrogens with one attached hydrogen (secondary N) is 1. The lowest BCUT2D eigenvalue weighted by molar-refractivity contribution is 0.0917. The van der Waals surface area contributed by atoms with Gasteiger partial charge in [0.15, 0.2) is 0 Å². The Morgan fingerprint density at radius 3 is 2.87 bits per heavy atom. The van der Waals surface area contributed by atoms with E-state index in [1.807, 2.05) is 0 Å². The van der Waals surface area contributed by atoms with Gasteiger partial charge in [-0.15, -0.1) is 0 Å². The normalized spacial score (nSPS) is 12.3. The smallest absolute Gasteiger partial charge is 0.271 e. The van der Waals surface area contributed by atoms with E-state index in [-0.39, 0.29) is 28.5 Å². The molecule has 0 aliphatic carbocycles. The van der Waals surface area contributed by atoms with E-state index in [9.17, 15) is 4.79 Å². The number of carbonyl (C=O) groups excluding carboxylic acids is 1. The summed E-state index contributed by atoms with van der Waals surface area (Å²) in [5.74, 6) is -0.455. The Kier molecular flexibility index (Phi) is 4.32. The molecule has 1 atom stereocenters. The molecule has 0 radical (unpaired) electrons. The van der Waals surface area contributed by atoms with E-state index in [1.54, 1.807) is 6.92 Å². The van der Waals surface area contributed by atoms with Crippen LogP contribution >= 0.6 is 23.2 Å². The van der Waals surface area contributed by atoms with Crippen molar-refractivity contribution < 1.29 is 9.90 Å². The van der Waals surface area contributed by atoms with Gasteiger partial charge in [-0.2, -0.15) is 0 Å². The van der Waals surface area contributed by atoms with Gasteiger partial charge < -0.3 is 10.4 Å². The van der Waals surface area contributed by atoms with Crippen LogP contribution in [0, 0.1) is 0 Å². The van der Waals surface area contributed by atoms with Crippen molar-refractivity contribution in [3.05, 3.63) is 28.0 Å². The van der Waals surface area contributed by atoms with Crippen LogP contribution in [0.15, 0.2) is 12.1 Å². The maximum Gasteiger partial charge on any atom is 0.271 e. The molecule has 1 rings (SSSR count). The Balaban J connectivity index is 2.86. The summed E-state index contributed by atoms with van der Waals surface area (Å²) in [4.78, 5) is 15.4. The molecule has 2 N–H and O–H groups in total. The van der Waals surface area contributed by atoms with Crippen LogP contribution in [0.25, 0.3) is 0 Å². The first-order chi connectivity index (χ1) is 7.04. The van der Waals surface area contributed by atoms with Crippen LogP contribution in [-0.2, 0) is 0 Å². The molecule has 0 fully saturated rings. The summed E-state index contributed by atoms with van der Waals surface area (Å²) < 4.78 is 0. The van der Waals surface area contributed by atoms with Gasteiger partial charge in [0.1, 0.15) is 10.8 Å². The minimum Gasteiger partial charge on any atom is -0.394 e. The second-order valence-corrected chi connectivity index (χ2v) is 3.82. The fraction of sp³-hybridized carbons (Fsp3) is 0.333. The lowest BCUT2D eigenvalue weighted by Gasteiger charge is -2.10. The molecule has 0 bridgehead atoms. The summed E-state index contributed by atoms with van der Waals surface area (Å²) in [5.41, 5.74) is 0.0597. The van der Waals surface area contributed by atoms with Gasteiger partial charge in [0.25, 0.3) is 5.91 Å². The zero-order chi connectivity index (χ0) is 11.4. The molecular formula is C9H10Cl2N2O2. The highest BCUT2D eigenvalue weighted by Gasteiger charge is 2.14. The summed E-state index contributed by atoms with van der Waals surface area (Å²) in [7, 11) is 0. The summed E-state index contributed by atoms with van der Waals surface area (Å²) in [6.45, 7) is 1.51. The number of aromatic nitrogens is 1. The summed E-state index contributed by atoms with van der Waals surface area (Å²) in [6.07, 6.45) is 0. The van der Waals surface area contributed by atoms with Crippen LogP contribution in [-0.4, -0.2) is 28.6 Å². The van der Waals surface area contributed by atoms with E-state index in [0.717, 1.165) is 0 Å². The third-order valence-electron chi connectivity index (χ3n) is 1.68. The summed E-state index contributed by atoms with van der Waals surface area (Å²) >= 11 is 11.4. The first kappa shape index (κ1) is 12.2. The molecular weight excluding hydrogens is 239 g/mol. The molecule has 0 unspecified atom stereocenters. The third kappa shape index (κ3) is 3.34. The number of pyridine rings is 1. The summed E-state index contributed by atoms with van der Waals surface area (Å²) in [6, 6.07) is 2.64. The van der Waals surface area contributed by atoms with Crippen molar-refractivity contribution in [3.8, 4) is 0 Å². The van der Waals surface area contributed by atoms with Crippen LogP contribution in [0.2, 0.25) is 10.2 Å². The first-order valence-electron chi connectivity index (χ1n) is 4.28. The Bertz CT molecular complexity index is 371. The van der Waals surface area contributed by atoms with E-state index in [0.29, 0.717) is 0 Å². The van der Waals surface area contributed by atoms with Gasteiger partial charge in [-0.1, -0.05) is 23.2 Å². The molecule has 1 amide bonds. The molecule has 0 aromatic carbocycles. The quantitative estimate of drug-likeness (QED) is 0.798. The fourth-order valence-electron chi connectivity index (χ4n) is 0.915. The zero-order valence-electron chi connectivity index (χ0n) is 8.00. The number of hydrogen-bond donors (Lipinski definition) is 2. The van der Waals surface area contributed by atoms with Crippen LogP contribution in [0.5, 0.6) is 0 Å². The largest absolute Gasteiger partial charge is 0.394 e. The van der Waals surface area contributed by atoms with Gasteiger partial charge in [0, 0.05) is 6.04 Å². The number of aliphatic hydroxyl groups is 1. The van der Waals surface area contributed by atoms with Gasteiger partial charge in [-0.3, -0.25) is 4.79 Å². The maximum absolute atomic E-state index is 11.6. The number of rotatable bonds is 3. The number of nitrogens with zero attached hydrogens (tertiary/aromatic N) is 1. The molecule has 82 valence electrons. The van der Waals surface area contributed by atoms with E-state index in [1.165, 1.54) is 12.1 Å². The topological polar surface area (TPSA) is 62.2 Å². The SMILES string of the molecule is C[C@@H](CO)NC(=O)c1nc(Cl)ccc1Cl. The second-order valence-electron chi connectivity index (χ2n) is 3.02. The highest BCUT2D eigenvalue weighted by Crippen LogP contribution is 2.16. The van der Waals surface area contributed by atoms with Gasteiger partial charge in [-0.25, -0.2) is 4.98 Å². The average molecular weight is 249 g/mol. The molecule has 0 saturated heterocycles. The molecule has 4 nitrogen and oxygen atoms in total. The monoisotopic (exact) mass is 248 g/mol. The Labute approximate surface area is 97.2 Å². The van der Waals surface area contributed by atoms with Crippen molar-refractivity contribution in [1.82, 2.24) is 10.3 Å². The van der Waals surface area contributed by atoms with Crippen molar-refractivity contribution in [2.24, 2.45) is 0 Å². The maximum atomic E-state index is 11.6. The Morgan fingerprint density at radius 1 is 1.60 bits per heavy atom. The van der Waals surface area contributed by atoms with Crippen molar-refractivity contribution in [3.63, 3.8) is 0 Å². The second kappa shape index (κ2) is 5.30. The van der Waals surface area contributed by atoms with Crippen LogP contribution in [0.4, 0.5) is 0 Å². The number of amides is 1. The van der Waals surface area contributed by atoms with E-state index >= 15 is 0 Å². The molecule has 0 aliphatic rings. The lowest BCUT2D eigenvalue weighted by Crippen LogP contribution is -2.35. The molecule has 15 heavy (non-hydrogen) atoms. The molecule has 1 aromatic heterocycles. The number of aliphatic hydroxyl groups excluding tert-OH is 1. The van der Waals surface area contributed by atoms with E-state index in [2.05, 4.69) is 10.3 Å². The van der Waals surface area contributed by atoms with Gasteiger partial charge in [0.05, 0.1) is 11.6 Å². The number of carbonyl (C=O) groups is 1. The molecule has 0 spiro atoms.